The van der Waals surface area contributed by atoms with E-state index < -0.39 is 5.82 Å². The predicted molar refractivity (Wildman–Crippen MR) is 48.0 cm³/mol. The van der Waals surface area contributed by atoms with Crippen molar-refractivity contribution in [2.45, 2.75) is 0 Å². The van der Waals surface area contributed by atoms with Crippen LogP contribution in [-0.4, -0.2) is 18.8 Å². The molecule has 0 atom stereocenters. The lowest BCUT2D eigenvalue weighted by Gasteiger charge is -2.05. The van der Waals surface area contributed by atoms with Crippen molar-refractivity contribution in [2.24, 2.45) is 0 Å². The molecule has 0 amide bonds. The Morgan fingerprint density at radius 3 is 2.85 bits per heavy atom. The molecule has 0 fully saturated rings. The highest BCUT2D eigenvalue weighted by molar-refractivity contribution is 6.30. The van der Waals surface area contributed by atoms with Crippen LogP contribution in [0.3, 0.4) is 0 Å². The Morgan fingerprint density at radius 2 is 2.31 bits per heavy atom. The number of rotatable bonds is 3. The van der Waals surface area contributed by atoms with Gasteiger partial charge in [0.15, 0.2) is 5.78 Å². The summed E-state index contributed by atoms with van der Waals surface area (Å²) in [5.74, 6) is -0.667. The van der Waals surface area contributed by atoms with Gasteiger partial charge in [0.05, 0.1) is 18.6 Å². The van der Waals surface area contributed by atoms with Crippen LogP contribution >= 0.6 is 11.6 Å². The summed E-state index contributed by atoms with van der Waals surface area (Å²) in [7, 11) is 1.41. The Kier molecular flexibility index (Phi) is 3.25. The summed E-state index contributed by atoms with van der Waals surface area (Å²) in [6.45, 7) is 0. The van der Waals surface area contributed by atoms with Crippen LogP contribution in [0.4, 0.5) is 4.39 Å². The summed E-state index contributed by atoms with van der Waals surface area (Å²) in [4.78, 5) is 11.2. The Hall–Kier alpha value is -1.09. The summed E-state index contributed by atoms with van der Waals surface area (Å²) in [5.41, 5.74) is 0.178. The number of benzene rings is 1. The van der Waals surface area contributed by atoms with Gasteiger partial charge in [0, 0.05) is 0 Å². The van der Waals surface area contributed by atoms with E-state index in [1.807, 2.05) is 0 Å². The molecule has 4 heteroatoms. The Balaban J connectivity index is 3.15. The molecule has 0 radical (unpaired) electrons. The van der Waals surface area contributed by atoms with Crippen LogP contribution in [0.1, 0.15) is 10.4 Å². The van der Waals surface area contributed by atoms with Crippen LogP contribution in [0.15, 0.2) is 18.2 Å². The smallest absolute Gasteiger partial charge is 0.181 e. The molecule has 0 N–H and O–H groups in total. The van der Waals surface area contributed by atoms with E-state index in [9.17, 15) is 9.18 Å². The van der Waals surface area contributed by atoms with E-state index >= 15 is 0 Å². The van der Waals surface area contributed by atoms with Crippen molar-refractivity contribution in [3.05, 3.63) is 29.6 Å². The molecule has 13 heavy (non-hydrogen) atoms. The van der Waals surface area contributed by atoms with Crippen LogP contribution in [0.25, 0.3) is 0 Å². The van der Waals surface area contributed by atoms with Crippen molar-refractivity contribution in [1.29, 1.82) is 0 Å². The maximum atomic E-state index is 12.7. The van der Waals surface area contributed by atoms with Gasteiger partial charge in [-0.05, 0) is 18.2 Å². The Morgan fingerprint density at radius 1 is 1.62 bits per heavy atom. The van der Waals surface area contributed by atoms with Gasteiger partial charge < -0.3 is 4.74 Å². The lowest BCUT2D eigenvalue weighted by Crippen LogP contribution is -2.03. The number of methoxy groups -OCH3 is 1. The highest BCUT2D eigenvalue weighted by Gasteiger charge is 2.11. The van der Waals surface area contributed by atoms with Gasteiger partial charge in [-0.2, -0.15) is 0 Å². The number of carbonyl (C=O) groups is 1. The van der Waals surface area contributed by atoms with Gasteiger partial charge in [0.2, 0.25) is 0 Å². The third kappa shape index (κ3) is 2.18. The molecule has 2 nitrogen and oxygen atoms in total. The maximum absolute atomic E-state index is 12.7. The second-order valence-corrected chi connectivity index (χ2v) is 2.67. The second-order valence-electron chi connectivity index (χ2n) is 2.40. The van der Waals surface area contributed by atoms with Crippen LogP contribution in [0.2, 0.25) is 0 Å². The van der Waals surface area contributed by atoms with E-state index in [0.717, 1.165) is 6.07 Å². The first-order valence-corrected chi connectivity index (χ1v) is 4.15. The van der Waals surface area contributed by atoms with E-state index in [4.69, 9.17) is 16.3 Å². The molecule has 1 aromatic carbocycles. The molecule has 70 valence electrons. The molecule has 0 saturated heterocycles. The summed E-state index contributed by atoms with van der Waals surface area (Å²) in [5, 5.41) is 0. The number of ketones is 1. The monoisotopic (exact) mass is 202 g/mol. The lowest BCUT2D eigenvalue weighted by atomic mass is 10.1. The molecular weight excluding hydrogens is 195 g/mol. The number of ether oxygens (including phenoxy) is 1. The topological polar surface area (TPSA) is 26.3 Å². The molecular formula is C9H8ClFO2. The fourth-order valence-corrected chi connectivity index (χ4v) is 1.11. The third-order valence-electron chi connectivity index (χ3n) is 1.58. The summed E-state index contributed by atoms with van der Waals surface area (Å²) < 4.78 is 17.6. The number of Topliss-reactive ketones (excluding diaryl/α,β-unsaturated/α-hetero) is 1. The van der Waals surface area contributed by atoms with E-state index in [1.54, 1.807) is 0 Å². The van der Waals surface area contributed by atoms with Gasteiger partial charge in [0.25, 0.3) is 0 Å². The quantitative estimate of drug-likeness (QED) is 0.555. The molecule has 0 aliphatic carbocycles. The zero-order chi connectivity index (χ0) is 9.84. The van der Waals surface area contributed by atoms with Crippen molar-refractivity contribution >= 4 is 17.4 Å². The molecule has 0 unspecified atom stereocenters. The molecule has 0 aromatic heterocycles. The minimum absolute atomic E-state index is 0.178. The van der Waals surface area contributed by atoms with Gasteiger partial charge in [-0.25, -0.2) is 4.39 Å². The molecule has 0 spiro atoms. The van der Waals surface area contributed by atoms with Crippen LogP contribution in [0, 0.1) is 5.82 Å². The van der Waals surface area contributed by atoms with Gasteiger partial charge in [0.1, 0.15) is 11.6 Å². The zero-order valence-corrected chi connectivity index (χ0v) is 7.77. The fraction of sp³-hybridized carbons (Fsp3) is 0.222. The van der Waals surface area contributed by atoms with Crippen LogP contribution in [-0.2, 0) is 0 Å². The van der Waals surface area contributed by atoms with E-state index in [0.29, 0.717) is 5.75 Å². The molecule has 0 aliphatic rings. The predicted octanol–water partition coefficient (Wildman–Crippen LogP) is 2.26. The van der Waals surface area contributed by atoms with Crippen molar-refractivity contribution in [3.63, 3.8) is 0 Å². The standard InChI is InChI=1S/C9H8ClFO2/c1-13-9-3-2-6(11)4-7(9)8(12)5-10/h2-4H,5H2,1H3. The van der Waals surface area contributed by atoms with Crippen molar-refractivity contribution in [1.82, 2.24) is 0 Å². The molecule has 1 aromatic rings. The van der Waals surface area contributed by atoms with Crippen molar-refractivity contribution < 1.29 is 13.9 Å². The number of carbonyl (C=O) groups excluding carboxylic acids is 1. The third-order valence-corrected chi connectivity index (χ3v) is 1.83. The Bertz CT molecular complexity index is 325. The number of hydrogen-bond donors (Lipinski definition) is 0. The number of alkyl halides is 1. The first-order chi connectivity index (χ1) is 6.19. The molecule has 0 heterocycles. The molecule has 0 aliphatic heterocycles. The number of halogens is 2. The van der Waals surface area contributed by atoms with E-state index in [1.165, 1.54) is 19.2 Å². The van der Waals surface area contributed by atoms with Crippen molar-refractivity contribution in [2.75, 3.05) is 13.0 Å². The van der Waals surface area contributed by atoms with E-state index in [2.05, 4.69) is 0 Å². The maximum Gasteiger partial charge on any atom is 0.181 e. The summed E-state index contributed by atoms with van der Waals surface area (Å²) in [6, 6.07) is 3.74. The minimum Gasteiger partial charge on any atom is -0.496 e. The zero-order valence-electron chi connectivity index (χ0n) is 7.01. The summed E-state index contributed by atoms with van der Waals surface area (Å²) in [6.07, 6.45) is 0. The molecule has 1 rings (SSSR count). The normalized spacial score (nSPS) is 9.77. The molecule has 0 bridgehead atoms. The first kappa shape index (κ1) is 9.99. The number of hydrogen-bond acceptors (Lipinski definition) is 2. The highest BCUT2D eigenvalue weighted by atomic mass is 35.5. The van der Waals surface area contributed by atoms with Crippen LogP contribution < -0.4 is 4.74 Å². The Labute approximate surface area is 80.3 Å². The highest BCUT2D eigenvalue weighted by Crippen LogP contribution is 2.19. The average molecular weight is 203 g/mol. The van der Waals surface area contributed by atoms with E-state index in [-0.39, 0.29) is 17.2 Å². The van der Waals surface area contributed by atoms with Crippen molar-refractivity contribution in [3.8, 4) is 5.75 Å². The largest absolute Gasteiger partial charge is 0.496 e. The average Bonchev–Trinajstić information content (AvgIpc) is 2.16. The van der Waals surface area contributed by atoms with Gasteiger partial charge >= 0.3 is 0 Å². The lowest BCUT2D eigenvalue weighted by molar-refractivity contribution is 0.101. The molecule has 0 saturated carbocycles. The summed E-state index contributed by atoms with van der Waals surface area (Å²) >= 11 is 5.34. The second kappa shape index (κ2) is 4.23. The van der Waals surface area contributed by atoms with Gasteiger partial charge in [-0.15, -0.1) is 11.6 Å². The van der Waals surface area contributed by atoms with Gasteiger partial charge in [-0.3, -0.25) is 4.79 Å². The van der Waals surface area contributed by atoms with Gasteiger partial charge in [-0.1, -0.05) is 0 Å². The SMILES string of the molecule is COc1ccc(F)cc1C(=O)CCl. The fourth-order valence-electron chi connectivity index (χ4n) is 0.970. The first-order valence-electron chi connectivity index (χ1n) is 3.61. The van der Waals surface area contributed by atoms with Crippen LogP contribution in [0.5, 0.6) is 5.75 Å². The minimum atomic E-state index is -0.478.